The number of fused-ring (bicyclic) bond motifs is 1. The molecule has 0 aliphatic carbocycles. The number of Topliss-reactive ketones (excluding diaryl/α,β-unsaturated/α-hetero) is 1. The zero-order chi connectivity index (χ0) is 21.8. The third kappa shape index (κ3) is 2.91. The maximum Gasteiger partial charge on any atom is 0.325 e. The summed E-state index contributed by atoms with van der Waals surface area (Å²) in [6, 6.07) is 10.7. The lowest BCUT2D eigenvalue weighted by atomic mass is 9.91. The molecule has 1 N–H and O–H groups in total. The van der Waals surface area contributed by atoms with Gasteiger partial charge < -0.3 is 9.73 Å². The molecule has 1 atom stereocenters. The summed E-state index contributed by atoms with van der Waals surface area (Å²) in [5.41, 5.74) is 3.46. The van der Waals surface area contributed by atoms with E-state index in [2.05, 4.69) is 5.32 Å². The molecule has 4 rings (SSSR count). The van der Waals surface area contributed by atoms with Crippen LogP contribution < -0.4 is 5.32 Å². The lowest BCUT2D eigenvalue weighted by Crippen LogP contribution is -2.40. The minimum atomic E-state index is -1.29. The summed E-state index contributed by atoms with van der Waals surface area (Å²) in [4.78, 5) is 39.4. The molecule has 6 heteroatoms. The quantitative estimate of drug-likeness (QED) is 0.512. The average Bonchev–Trinajstić information content (AvgIpc) is 3.19. The Morgan fingerprint density at radius 2 is 1.80 bits per heavy atom. The molecule has 154 valence electrons. The summed E-state index contributed by atoms with van der Waals surface area (Å²) >= 11 is 0. The largest absolute Gasteiger partial charge is 0.458 e. The van der Waals surface area contributed by atoms with Crippen molar-refractivity contribution >= 4 is 28.7 Å². The van der Waals surface area contributed by atoms with Crippen molar-refractivity contribution in [1.29, 1.82) is 0 Å². The number of imide groups is 1. The van der Waals surface area contributed by atoms with E-state index in [4.69, 9.17) is 4.42 Å². The van der Waals surface area contributed by atoms with Gasteiger partial charge in [0.2, 0.25) is 0 Å². The Morgan fingerprint density at radius 1 is 1.10 bits per heavy atom. The van der Waals surface area contributed by atoms with Gasteiger partial charge in [0, 0.05) is 10.9 Å². The predicted molar refractivity (Wildman–Crippen MR) is 113 cm³/mol. The van der Waals surface area contributed by atoms with E-state index in [-0.39, 0.29) is 18.2 Å². The van der Waals surface area contributed by atoms with Gasteiger partial charge in [-0.3, -0.25) is 14.5 Å². The fraction of sp³-hybridized carbons (Fsp3) is 0.292. The average molecular weight is 404 g/mol. The Labute approximate surface area is 174 Å². The number of hydrogen-bond donors (Lipinski definition) is 1. The molecule has 1 aliphatic heterocycles. The van der Waals surface area contributed by atoms with Crippen LogP contribution in [0.1, 0.15) is 52.2 Å². The SMILES string of the molecule is CC(=O)c1c(C)cc(C)c(CN2C(=O)N[C@](C)(c3cc4ccccc4o3)C2=O)c1C. The number of ketones is 1. The lowest BCUT2D eigenvalue weighted by Gasteiger charge is -2.21. The van der Waals surface area contributed by atoms with Gasteiger partial charge in [0.05, 0.1) is 6.54 Å². The first kappa shape index (κ1) is 19.9. The van der Waals surface area contributed by atoms with Crippen LogP contribution in [-0.4, -0.2) is 22.6 Å². The van der Waals surface area contributed by atoms with Crippen LogP contribution in [0.4, 0.5) is 4.79 Å². The summed E-state index contributed by atoms with van der Waals surface area (Å²) in [5, 5.41) is 3.66. The Balaban J connectivity index is 1.72. The van der Waals surface area contributed by atoms with Crippen LogP contribution in [-0.2, 0) is 16.9 Å². The third-order valence-electron chi connectivity index (χ3n) is 5.99. The van der Waals surface area contributed by atoms with Crippen LogP contribution in [0.5, 0.6) is 0 Å². The first-order valence-corrected chi connectivity index (χ1v) is 9.87. The number of para-hydroxylation sites is 1. The van der Waals surface area contributed by atoms with Gasteiger partial charge in [-0.1, -0.05) is 24.3 Å². The molecule has 0 bridgehead atoms. The van der Waals surface area contributed by atoms with Crippen LogP contribution in [0.2, 0.25) is 0 Å². The van der Waals surface area contributed by atoms with Crippen molar-refractivity contribution in [2.45, 2.75) is 46.7 Å². The second-order valence-electron chi connectivity index (χ2n) is 8.14. The fourth-order valence-electron chi connectivity index (χ4n) is 4.41. The topological polar surface area (TPSA) is 79.6 Å². The van der Waals surface area contributed by atoms with E-state index in [0.717, 1.165) is 27.6 Å². The van der Waals surface area contributed by atoms with Gasteiger partial charge in [-0.05, 0) is 69.0 Å². The second kappa shape index (κ2) is 6.83. The molecule has 2 aromatic carbocycles. The molecule has 3 aromatic rings. The third-order valence-corrected chi connectivity index (χ3v) is 5.99. The molecule has 3 amide bonds. The van der Waals surface area contributed by atoms with Crippen molar-refractivity contribution in [3.8, 4) is 0 Å². The monoisotopic (exact) mass is 404 g/mol. The molecule has 0 saturated carbocycles. The van der Waals surface area contributed by atoms with Gasteiger partial charge >= 0.3 is 6.03 Å². The van der Waals surface area contributed by atoms with E-state index in [9.17, 15) is 14.4 Å². The number of carbonyl (C=O) groups is 3. The van der Waals surface area contributed by atoms with Crippen molar-refractivity contribution in [3.05, 3.63) is 70.0 Å². The standard InChI is InChI=1S/C24H24N2O4/c1-13-10-14(2)21(16(4)27)15(3)18(13)12-26-22(28)24(5,25-23(26)29)20-11-17-8-6-7-9-19(17)30-20/h6-11H,12H2,1-5H3,(H,25,29)/t24-/m1/s1. The van der Waals surface area contributed by atoms with Crippen LogP contribution in [0.15, 0.2) is 40.8 Å². The number of nitrogens with zero attached hydrogens (tertiary/aromatic N) is 1. The fourth-order valence-corrected chi connectivity index (χ4v) is 4.41. The van der Waals surface area contributed by atoms with Gasteiger partial charge in [0.25, 0.3) is 5.91 Å². The van der Waals surface area contributed by atoms with E-state index in [1.807, 2.05) is 51.1 Å². The van der Waals surface area contributed by atoms with Crippen LogP contribution >= 0.6 is 0 Å². The number of benzene rings is 2. The highest BCUT2D eigenvalue weighted by molar-refractivity contribution is 6.07. The van der Waals surface area contributed by atoms with Crippen molar-refractivity contribution in [2.24, 2.45) is 0 Å². The summed E-state index contributed by atoms with van der Waals surface area (Å²) < 4.78 is 5.88. The first-order chi connectivity index (χ1) is 14.1. The molecule has 0 radical (unpaired) electrons. The van der Waals surface area contributed by atoms with Crippen molar-refractivity contribution in [2.75, 3.05) is 0 Å². The molecule has 30 heavy (non-hydrogen) atoms. The second-order valence-corrected chi connectivity index (χ2v) is 8.14. The van der Waals surface area contributed by atoms with Crippen LogP contribution in [0.3, 0.4) is 0 Å². The molecule has 1 saturated heterocycles. The Morgan fingerprint density at radius 3 is 2.47 bits per heavy atom. The molecule has 0 unspecified atom stereocenters. The van der Waals surface area contributed by atoms with Gasteiger partial charge in [-0.2, -0.15) is 0 Å². The van der Waals surface area contributed by atoms with Gasteiger partial charge in [-0.25, -0.2) is 4.79 Å². The minimum absolute atomic E-state index is 0.0319. The molecule has 1 aromatic heterocycles. The van der Waals surface area contributed by atoms with Gasteiger partial charge in [0.1, 0.15) is 11.3 Å². The first-order valence-electron chi connectivity index (χ1n) is 9.87. The maximum absolute atomic E-state index is 13.3. The van der Waals surface area contributed by atoms with E-state index in [0.29, 0.717) is 16.9 Å². The zero-order valence-electron chi connectivity index (χ0n) is 17.8. The summed E-state index contributed by atoms with van der Waals surface area (Å²) in [6.45, 7) is 8.96. The van der Waals surface area contributed by atoms with Crippen molar-refractivity contribution in [1.82, 2.24) is 10.2 Å². The molecular formula is C24H24N2O4. The maximum atomic E-state index is 13.3. The highest BCUT2D eigenvalue weighted by atomic mass is 16.3. The number of hydrogen-bond acceptors (Lipinski definition) is 4. The number of aryl methyl sites for hydroxylation is 2. The van der Waals surface area contributed by atoms with Crippen molar-refractivity contribution < 1.29 is 18.8 Å². The zero-order valence-corrected chi connectivity index (χ0v) is 17.8. The van der Waals surface area contributed by atoms with Crippen LogP contribution in [0.25, 0.3) is 11.0 Å². The number of furan rings is 1. The summed E-state index contributed by atoms with van der Waals surface area (Å²) in [7, 11) is 0. The molecule has 1 aliphatic rings. The normalized spacial score (nSPS) is 18.9. The number of nitrogens with one attached hydrogen (secondary N) is 1. The van der Waals surface area contributed by atoms with E-state index in [1.165, 1.54) is 11.8 Å². The van der Waals surface area contributed by atoms with E-state index < -0.39 is 11.6 Å². The van der Waals surface area contributed by atoms with Crippen LogP contribution in [0, 0.1) is 20.8 Å². The van der Waals surface area contributed by atoms with E-state index >= 15 is 0 Å². The number of amides is 3. The van der Waals surface area contributed by atoms with Gasteiger partial charge in [0.15, 0.2) is 11.3 Å². The Kier molecular flexibility index (Phi) is 4.53. The van der Waals surface area contributed by atoms with Crippen molar-refractivity contribution in [3.63, 3.8) is 0 Å². The Bertz CT molecular complexity index is 1190. The molecule has 2 heterocycles. The molecule has 6 nitrogen and oxygen atoms in total. The smallest absolute Gasteiger partial charge is 0.325 e. The predicted octanol–water partition coefficient (Wildman–Crippen LogP) is 4.53. The highest BCUT2D eigenvalue weighted by Gasteiger charge is 2.51. The number of urea groups is 1. The summed E-state index contributed by atoms with van der Waals surface area (Å²) in [5.74, 6) is -0.0165. The minimum Gasteiger partial charge on any atom is -0.458 e. The molecular weight excluding hydrogens is 380 g/mol. The molecule has 1 fully saturated rings. The number of rotatable bonds is 4. The summed E-state index contributed by atoms with van der Waals surface area (Å²) in [6.07, 6.45) is 0. The van der Waals surface area contributed by atoms with E-state index in [1.54, 1.807) is 13.0 Å². The Hall–Kier alpha value is -3.41. The molecule has 0 spiro atoms. The van der Waals surface area contributed by atoms with Gasteiger partial charge in [-0.15, -0.1) is 0 Å². The number of carbonyl (C=O) groups excluding carboxylic acids is 3. The lowest BCUT2D eigenvalue weighted by molar-refractivity contribution is -0.132. The highest BCUT2D eigenvalue weighted by Crippen LogP contribution is 2.34.